The lowest BCUT2D eigenvalue weighted by atomic mass is 10.1. The molecule has 1 atom stereocenters. The van der Waals surface area contributed by atoms with Crippen molar-refractivity contribution in [1.29, 1.82) is 0 Å². The topological polar surface area (TPSA) is 80.5 Å². The Morgan fingerprint density at radius 1 is 0.844 bits per heavy atom. The zero-order valence-electron chi connectivity index (χ0n) is 19.1. The summed E-state index contributed by atoms with van der Waals surface area (Å²) in [6.45, 7) is 9.56. The number of likely N-dealkylation sites (tertiary alicyclic amines) is 1. The molecule has 9 heteroatoms. The number of piperazine rings is 2. The van der Waals surface area contributed by atoms with Gasteiger partial charge in [-0.15, -0.1) is 0 Å². The van der Waals surface area contributed by atoms with Crippen LogP contribution in [0.25, 0.3) is 0 Å². The Bertz CT molecular complexity index is 776. The summed E-state index contributed by atoms with van der Waals surface area (Å²) in [5.41, 5.74) is 0. The van der Waals surface area contributed by atoms with Crippen molar-refractivity contribution in [3.63, 3.8) is 0 Å². The Morgan fingerprint density at radius 2 is 1.50 bits per heavy atom. The second-order valence-corrected chi connectivity index (χ2v) is 9.02. The monoisotopic (exact) mass is 445 g/mol. The first-order valence-electron chi connectivity index (χ1n) is 11.9. The van der Waals surface area contributed by atoms with Gasteiger partial charge < -0.3 is 19.1 Å². The Balaban J connectivity index is 1.19. The summed E-state index contributed by atoms with van der Waals surface area (Å²) >= 11 is 0. The second-order valence-electron chi connectivity index (χ2n) is 9.02. The highest BCUT2D eigenvalue weighted by Gasteiger charge is 2.32. The highest BCUT2D eigenvalue weighted by Crippen LogP contribution is 2.14. The zero-order chi connectivity index (χ0) is 22.5. The predicted octanol–water partition coefficient (Wildman–Crippen LogP) is 0.583. The molecule has 0 bridgehead atoms. The van der Waals surface area contributed by atoms with E-state index in [9.17, 15) is 14.4 Å². The number of piperidine rings is 1. The van der Waals surface area contributed by atoms with Crippen LogP contribution in [0.2, 0.25) is 0 Å². The molecule has 1 unspecified atom stereocenters. The van der Waals surface area contributed by atoms with Gasteiger partial charge in [-0.3, -0.25) is 24.2 Å². The number of amides is 3. The Hall–Kier alpha value is -2.39. The molecule has 3 amide bonds. The maximum atomic E-state index is 13.1. The minimum atomic E-state index is -0.192. The lowest BCUT2D eigenvalue weighted by Crippen LogP contribution is -2.58. The Labute approximate surface area is 189 Å². The van der Waals surface area contributed by atoms with Crippen molar-refractivity contribution in [3.8, 4) is 0 Å². The first-order chi connectivity index (χ1) is 15.5. The standard InChI is InChI=1S/C23H35N5O4/c1-19(22(30)27-13-15-28(16-14-27)23(31)20-6-5-17-32-20)25-11-9-24(10-12-25)18-21(29)26-7-3-2-4-8-26/h5-6,17,19H,2-4,7-16,18H2,1H3. The molecule has 3 aliphatic heterocycles. The molecule has 9 nitrogen and oxygen atoms in total. The molecule has 3 fully saturated rings. The third-order valence-electron chi connectivity index (χ3n) is 6.99. The average molecular weight is 446 g/mol. The first-order valence-corrected chi connectivity index (χ1v) is 11.9. The highest BCUT2D eigenvalue weighted by molar-refractivity contribution is 5.91. The van der Waals surface area contributed by atoms with E-state index in [1.54, 1.807) is 17.0 Å². The summed E-state index contributed by atoms with van der Waals surface area (Å²) in [5.74, 6) is 0.581. The molecule has 0 spiro atoms. The average Bonchev–Trinajstić information content (AvgIpc) is 3.39. The number of furan rings is 1. The van der Waals surface area contributed by atoms with Crippen LogP contribution in [0.3, 0.4) is 0 Å². The fourth-order valence-electron chi connectivity index (χ4n) is 4.85. The van der Waals surface area contributed by atoms with Crippen LogP contribution >= 0.6 is 0 Å². The summed E-state index contributed by atoms with van der Waals surface area (Å²) in [6.07, 6.45) is 4.95. The van der Waals surface area contributed by atoms with Crippen molar-refractivity contribution in [2.24, 2.45) is 0 Å². The van der Waals surface area contributed by atoms with Crippen LogP contribution in [0.15, 0.2) is 22.8 Å². The van der Waals surface area contributed by atoms with Crippen LogP contribution in [-0.2, 0) is 9.59 Å². The maximum absolute atomic E-state index is 13.1. The molecule has 1 aromatic rings. The quantitative estimate of drug-likeness (QED) is 0.660. The molecule has 3 saturated heterocycles. The molecule has 3 aliphatic rings. The van der Waals surface area contributed by atoms with Gasteiger partial charge in [-0.25, -0.2) is 0 Å². The van der Waals surface area contributed by atoms with E-state index in [1.807, 2.05) is 16.7 Å². The molecule has 0 radical (unpaired) electrons. The molecule has 176 valence electrons. The number of rotatable bonds is 5. The van der Waals surface area contributed by atoms with Crippen LogP contribution < -0.4 is 0 Å². The van der Waals surface area contributed by atoms with Crippen LogP contribution in [-0.4, -0.2) is 120 Å². The van der Waals surface area contributed by atoms with Gasteiger partial charge in [-0.2, -0.15) is 0 Å². The van der Waals surface area contributed by atoms with E-state index in [0.717, 1.165) is 52.1 Å². The van der Waals surface area contributed by atoms with E-state index < -0.39 is 0 Å². The summed E-state index contributed by atoms with van der Waals surface area (Å²) in [4.78, 5) is 48.0. The first kappa shape index (κ1) is 22.8. The number of carbonyl (C=O) groups is 3. The third kappa shape index (κ3) is 5.32. The van der Waals surface area contributed by atoms with E-state index in [-0.39, 0.29) is 23.8 Å². The zero-order valence-corrected chi connectivity index (χ0v) is 19.1. The van der Waals surface area contributed by atoms with Gasteiger partial charge in [0.15, 0.2) is 5.76 Å². The number of hydrogen-bond acceptors (Lipinski definition) is 6. The molecular weight excluding hydrogens is 410 g/mol. The van der Waals surface area contributed by atoms with E-state index in [1.165, 1.54) is 12.7 Å². The van der Waals surface area contributed by atoms with Crippen LogP contribution in [0, 0.1) is 0 Å². The summed E-state index contributed by atoms with van der Waals surface area (Å²) in [5, 5.41) is 0. The normalized spacial score (nSPS) is 22.1. The molecular formula is C23H35N5O4. The maximum Gasteiger partial charge on any atom is 0.289 e. The number of nitrogens with zero attached hydrogens (tertiary/aromatic N) is 5. The molecule has 4 heterocycles. The Morgan fingerprint density at radius 3 is 2.12 bits per heavy atom. The molecule has 0 aromatic carbocycles. The van der Waals surface area contributed by atoms with Gasteiger partial charge in [0.2, 0.25) is 11.8 Å². The van der Waals surface area contributed by atoms with Gasteiger partial charge in [0.25, 0.3) is 5.91 Å². The smallest absolute Gasteiger partial charge is 0.289 e. The van der Waals surface area contributed by atoms with Crippen molar-refractivity contribution >= 4 is 17.7 Å². The van der Waals surface area contributed by atoms with E-state index >= 15 is 0 Å². The van der Waals surface area contributed by atoms with E-state index in [2.05, 4.69) is 9.80 Å². The van der Waals surface area contributed by atoms with Crippen molar-refractivity contribution in [1.82, 2.24) is 24.5 Å². The third-order valence-corrected chi connectivity index (χ3v) is 6.99. The summed E-state index contributed by atoms with van der Waals surface area (Å²) in [7, 11) is 0. The molecule has 0 N–H and O–H groups in total. The van der Waals surface area contributed by atoms with Gasteiger partial charge in [0.1, 0.15) is 0 Å². The lowest BCUT2D eigenvalue weighted by Gasteiger charge is -2.41. The molecule has 32 heavy (non-hydrogen) atoms. The number of carbonyl (C=O) groups excluding carboxylic acids is 3. The van der Waals surface area contributed by atoms with Crippen LogP contribution in [0.5, 0.6) is 0 Å². The van der Waals surface area contributed by atoms with Gasteiger partial charge in [0, 0.05) is 65.4 Å². The van der Waals surface area contributed by atoms with Crippen LogP contribution in [0.1, 0.15) is 36.7 Å². The molecule has 0 aliphatic carbocycles. The number of hydrogen-bond donors (Lipinski definition) is 0. The fourth-order valence-corrected chi connectivity index (χ4v) is 4.85. The summed E-state index contributed by atoms with van der Waals surface area (Å²) < 4.78 is 5.20. The minimum absolute atomic E-state index is 0.118. The second kappa shape index (κ2) is 10.5. The van der Waals surface area contributed by atoms with Crippen molar-refractivity contribution in [3.05, 3.63) is 24.2 Å². The lowest BCUT2D eigenvalue weighted by molar-refractivity contribution is -0.139. The summed E-state index contributed by atoms with van der Waals surface area (Å²) in [6, 6.07) is 3.18. The largest absolute Gasteiger partial charge is 0.459 e. The van der Waals surface area contributed by atoms with Gasteiger partial charge >= 0.3 is 0 Å². The van der Waals surface area contributed by atoms with Crippen molar-refractivity contribution in [2.45, 2.75) is 32.2 Å². The molecule has 1 aromatic heterocycles. The molecule has 0 saturated carbocycles. The van der Waals surface area contributed by atoms with Gasteiger partial charge in [0.05, 0.1) is 18.8 Å². The molecule has 4 rings (SSSR count). The SMILES string of the molecule is CC(C(=O)N1CCN(C(=O)c2ccco2)CC1)N1CCN(CC(=O)N2CCCCC2)CC1. The van der Waals surface area contributed by atoms with E-state index in [0.29, 0.717) is 38.5 Å². The highest BCUT2D eigenvalue weighted by atomic mass is 16.3. The van der Waals surface area contributed by atoms with Gasteiger partial charge in [-0.05, 0) is 38.3 Å². The Kier molecular flexibility index (Phi) is 7.47. The van der Waals surface area contributed by atoms with Crippen LogP contribution in [0.4, 0.5) is 0 Å². The predicted molar refractivity (Wildman–Crippen MR) is 119 cm³/mol. The van der Waals surface area contributed by atoms with Crippen molar-refractivity contribution in [2.75, 3.05) is 72.0 Å². The van der Waals surface area contributed by atoms with Crippen molar-refractivity contribution < 1.29 is 18.8 Å². The van der Waals surface area contributed by atoms with E-state index in [4.69, 9.17) is 4.42 Å². The minimum Gasteiger partial charge on any atom is -0.459 e. The van der Waals surface area contributed by atoms with Gasteiger partial charge in [-0.1, -0.05) is 0 Å². The fraction of sp³-hybridized carbons (Fsp3) is 0.696.